The molecule has 0 fully saturated rings. The number of nitrogens with zero attached hydrogens (tertiary/aromatic N) is 1. The van der Waals surface area contributed by atoms with Crippen LogP contribution in [0.1, 0.15) is 33.5 Å². The van der Waals surface area contributed by atoms with E-state index < -0.39 is 5.91 Å². The quantitative estimate of drug-likeness (QED) is 0.285. The predicted octanol–water partition coefficient (Wildman–Crippen LogP) is 4.46. The second-order valence-corrected chi connectivity index (χ2v) is 7.32. The maximum absolute atomic E-state index is 13.7. The number of hydroxylamine groups is 1. The molecule has 0 aliphatic carbocycles. The molecule has 0 aromatic heterocycles. The minimum absolute atomic E-state index is 0.198. The van der Waals surface area contributed by atoms with E-state index in [4.69, 9.17) is 5.21 Å². The molecule has 0 spiro atoms. The summed E-state index contributed by atoms with van der Waals surface area (Å²) in [5, 5.41) is 8.89. The van der Waals surface area contributed by atoms with Crippen molar-refractivity contribution in [3.8, 4) is 0 Å². The van der Waals surface area contributed by atoms with Crippen LogP contribution in [0, 0.1) is 5.82 Å². The van der Waals surface area contributed by atoms with Crippen molar-refractivity contribution in [2.45, 2.75) is 12.8 Å². The minimum atomic E-state index is -0.595. The van der Waals surface area contributed by atoms with Crippen LogP contribution in [-0.2, 0) is 11.2 Å². The monoisotopic (exact) mass is 416 g/mol. The molecular formula is C25H21FN2O3. The van der Waals surface area contributed by atoms with Crippen LogP contribution in [0.25, 0.3) is 11.6 Å². The van der Waals surface area contributed by atoms with E-state index in [1.54, 1.807) is 46.8 Å². The fourth-order valence-electron chi connectivity index (χ4n) is 3.77. The van der Waals surface area contributed by atoms with Gasteiger partial charge in [-0.15, -0.1) is 0 Å². The molecule has 1 heterocycles. The highest BCUT2D eigenvalue weighted by Crippen LogP contribution is 2.32. The predicted molar refractivity (Wildman–Crippen MR) is 117 cm³/mol. The number of nitrogens with one attached hydrogen (secondary N) is 1. The lowest BCUT2D eigenvalue weighted by atomic mass is 9.96. The molecule has 3 aromatic carbocycles. The highest BCUT2D eigenvalue weighted by atomic mass is 19.1. The summed E-state index contributed by atoms with van der Waals surface area (Å²) < 4.78 is 13.5. The van der Waals surface area contributed by atoms with Gasteiger partial charge in [-0.2, -0.15) is 0 Å². The van der Waals surface area contributed by atoms with E-state index in [1.165, 1.54) is 12.1 Å². The number of carbonyl (C=O) groups excluding carboxylic acids is 2. The van der Waals surface area contributed by atoms with Crippen molar-refractivity contribution in [3.05, 3.63) is 101 Å². The lowest BCUT2D eigenvalue weighted by molar-refractivity contribution is -0.113. The molecule has 31 heavy (non-hydrogen) atoms. The van der Waals surface area contributed by atoms with Gasteiger partial charge in [0, 0.05) is 23.4 Å². The standard InChI is InChI=1S/C25H21FN2O3/c26-21-11-8-18(9-12-21)22(15-17-5-2-1-3-6-17)25(30)28-14-4-7-19-16-20(24(29)27-31)10-13-23(19)28/h1-3,5-6,8-13,15-16,31H,4,7,14H2,(H,27,29). The topological polar surface area (TPSA) is 69.6 Å². The van der Waals surface area contributed by atoms with Crippen LogP contribution in [0.3, 0.4) is 0 Å². The summed E-state index contributed by atoms with van der Waals surface area (Å²) in [7, 11) is 0. The molecule has 0 saturated heterocycles. The van der Waals surface area contributed by atoms with E-state index in [9.17, 15) is 14.0 Å². The zero-order chi connectivity index (χ0) is 21.8. The molecule has 0 radical (unpaired) electrons. The summed E-state index contributed by atoms with van der Waals surface area (Å²) in [6, 6.07) is 20.4. The molecule has 4 rings (SSSR count). The van der Waals surface area contributed by atoms with Gasteiger partial charge in [0.15, 0.2) is 0 Å². The van der Waals surface area contributed by atoms with E-state index in [-0.39, 0.29) is 11.7 Å². The molecule has 2 N–H and O–H groups in total. The molecule has 2 amide bonds. The van der Waals surface area contributed by atoms with Gasteiger partial charge in [0.25, 0.3) is 11.8 Å². The van der Waals surface area contributed by atoms with Crippen molar-refractivity contribution in [3.63, 3.8) is 0 Å². The Balaban J connectivity index is 1.75. The summed E-state index contributed by atoms with van der Waals surface area (Å²) in [4.78, 5) is 27.1. The third-order valence-corrected chi connectivity index (χ3v) is 5.30. The highest BCUT2D eigenvalue weighted by molar-refractivity contribution is 6.30. The van der Waals surface area contributed by atoms with Gasteiger partial charge >= 0.3 is 0 Å². The summed E-state index contributed by atoms with van der Waals surface area (Å²) in [6.45, 7) is 0.532. The van der Waals surface area contributed by atoms with Crippen molar-refractivity contribution >= 4 is 29.2 Å². The largest absolute Gasteiger partial charge is 0.308 e. The SMILES string of the molecule is O=C(NO)c1ccc2c(c1)CCCN2C(=O)C(=Cc1ccccc1)c1ccc(F)cc1. The smallest absolute Gasteiger partial charge is 0.274 e. The normalized spacial score (nSPS) is 13.5. The minimum Gasteiger partial charge on any atom is -0.308 e. The molecule has 3 aromatic rings. The van der Waals surface area contributed by atoms with E-state index >= 15 is 0 Å². The molecule has 6 heteroatoms. The van der Waals surface area contributed by atoms with Gasteiger partial charge in [-0.05, 0) is 65.9 Å². The van der Waals surface area contributed by atoms with Crippen LogP contribution in [0.15, 0.2) is 72.8 Å². The molecule has 0 atom stereocenters. The third-order valence-electron chi connectivity index (χ3n) is 5.30. The number of carbonyl (C=O) groups is 2. The lowest BCUT2D eigenvalue weighted by Crippen LogP contribution is -2.36. The van der Waals surface area contributed by atoms with E-state index in [0.717, 1.165) is 29.7 Å². The van der Waals surface area contributed by atoms with Crippen molar-refractivity contribution < 1.29 is 19.2 Å². The summed E-state index contributed by atoms with van der Waals surface area (Å²) in [5.74, 6) is -1.16. The summed E-state index contributed by atoms with van der Waals surface area (Å²) >= 11 is 0. The van der Waals surface area contributed by atoms with Gasteiger partial charge < -0.3 is 4.90 Å². The Morgan fingerprint density at radius 2 is 1.68 bits per heavy atom. The van der Waals surface area contributed by atoms with Crippen LogP contribution in [0.2, 0.25) is 0 Å². The number of benzene rings is 3. The molecule has 1 aliphatic heterocycles. The molecule has 0 unspecified atom stereocenters. The number of amides is 2. The summed E-state index contributed by atoms with van der Waals surface area (Å²) in [6.07, 6.45) is 3.27. The first-order chi connectivity index (χ1) is 15.1. The van der Waals surface area contributed by atoms with Crippen molar-refractivity contribution in [2.24, 2.45) is 0 Å². The Bertz CT molecular complexity index is 1140. The van der Waals surface area contributed by atoms with Gasteiger partial charge in [0.2, 0.25) is 0 Å². The average Bonchev–Trinajstić information content (AvgIpc) is 2.82. The first-order valence-electron chi connectivity index (χ1n) is 9.99. The number of halogens is 1. The van der Waals surface area contributed by atoms with Gasteiger partial charge in [-0.25, -0.2) is 9.87 Å². The Hall–Kier alpha value is -3.77. The maximum Gasteiger partial charge on any atom is 0.274 e. The van der Waals surface area contributed by atoms with Gasteiger partial charge in [0.05, 0.1) is 0 Å². The Labute approximate surface area is 179 Å². The van der Waals surface area contributed by atoms with Gasteiger partial charge in [-0.3, -0.25) is 14.8 Å². The van der Waals surface area contributed by atoms with Gasteiger partial charge in [0.1, 0.15) is 5.82 Å². The van der Waals surface area contributed by atoms with E-state index in [0.29, 0.717) is 23.2 Å². The Morgan fingerprint density at radius 3 is 2.39 bits per heavy atom. The maximum atomic E-state index is 13.7. The number of hydrogen-bond acceptors (Lipinski definition) is 3. The van der Waals surface area contributed by atoms with Crippen LogP contribution in [0.4, 0.5) is 10.1 Å². The fraction of sp³-hybridized carbons (Fsp3) is 0.120. The number of anilines is 1. The van der Waals surface area contributed by atoms with Gasteiger partial charge in [-0.1, -0.05) is 42.5 Å². The van der Waals surface area contributed by atoms with Crippen LogP contribution in [0.5, 0.6) is 0 Å². The van der Waals surface area contributed by atoms with Crippen molar-refractivity contribution in [2.75, 3.05) is 11.4 Å². The molecule has 5 nitrogen and oxygen atoms in total. The first-order valence-corrected chi connectivity index (χ1v) is 9.99. The van der Waals surface area contributed by atoms with E-state index in [1.807, 2.05) is 30.3 Å². The van der Waals surface area contributed by atoms with Crippen LogP contribution < -0.4 is 10.4 Å². The number of hydrogen-bond donors (Lipinski definition) is 2. The second-order valence-electron chi connectivity index (χ2n) is 7.32. The van der Waals surface area contributed by atoms with Crippen LogP contribution in [-0.4, -0.2) is 23.6 Å². The summed E-state index contributed by atoms with van der Waals surface area (Å²) in [5.41, 5.74) is 5.49. The van der Waals surface area contributed by atoms with Crippen molar-refractivity contribution in [1.29, 1.82) is 0 Å². The fourth-order valence-corrected chi connectivity index (χ4v) is 3.77. The number of aryl methyl sites for hydroxylation is 1. The lowest BCUT2D eigenvalue weighted by Gasteiger charge is -2.30. The highest BCUT2D eigenvalue weighted by Gasteiger charge is 2.26. The second kappa shape index (κ2) is 8.93. The molecule has 0 saturated carbocycles. The molecule has 0 bridgehead atoms. The number of fused-ring (bicyclic) bond motifs is 1. The molecular weight excluding hydrogens is 395 g/mol. The zero-order valence-corrected chi connectivity index (χ0v) is 16.7. The molecule has 156 valence electrons. The average molecular weight is 416 g/mol. The Morgan fingerprint density at radius 1 is 0.968 bits per heavy atom. The first kappa shape index (κ1) is 20.5. The third kappa shape index (κ3) is 4.39. The Kier molecular flexibility index (Phi) is 5.91. The number of rotatable bonds is 4. The van der Waals surface area contributed by atoms with E-state index in [2.05, 4.69) is 0 Å². The zero-order valence-electron chi connectivity index (χ0n) is 16.7. The molecule has 1 aliphatic rings. The van der Waals surface area contributed by atoms with Crippen molar-refractivity contribution in [1.82, 2.24) is 5.48 Å². The van der Waals surface area contributed by atoms with Crippen LogP contribution >= 0.6 is 0 Å².